The number of likely N-dealkylation sites (tertiary alicyclic amines) is 1. The number of hydrogen-bond donors (Lipinski definition) is 0. The molecule has 0 aromatic carbocycles. The third-order valence-electron chi connectivity index (χ3n) is 5.64. The molecule has 0 N–H and O–H groups in total. The van der Waals surface area contributed by atoms with E-state index in [1.54, 1.807) is 20.0 Å². The fourth-order valence-corrected chi connectivity index (χ4v) is 4.01. The van der Waals surface area contributed by atoms with E-state index in [-0.39, 0.29) is 29.6 Å². The van der Waals surface area contributed by atoms with Gasteiger partial charge in [-0.2, -0.15) is 18.3 Å². The molecule has 0 saturated carbocycles. The number of aryl methyl sites for hydroxylation is 1. The molecule has 0 spiro atoms. The zero-order chi connectivity index (χ0) is 25.4. The van der Waals surface area contributed by atoms with Gasteiger partial charge in [-0.25, -0.2) is 23.7 Å². The van der Waals surface area contributed by atoms with Gasteiger partial charge >= 0.3 is 6.18 Å². The van der Waals surface area contributed by atoms with Crippen molar-refractivity contribution >= 4 is 5.91 Å². The normalized spacial score (nSPS) is 20.0. The van der Waals surface area contributed by atoms with Crippen LogP contribution in [0, 0.1) is 5.92 Å². The molecular weight excluding hydrogens is 475 g/mol. The Bertz CT molecular complexity index is 1180. The first kappa shape index (κ1) is 24.5. The van der Waals surface area contributed by atoms with E-state index in [9.17, 15) is 26.7 Å². The van der Waals surface area contributed by atoms with E-state index in [1.165, 1.54) is 23.3 Å². The van der Waals surface area contributed by atoms with Crippen molar-refractivity contribution in [2.75, 3.05) is 13.2 Å². The molecule has 1 amide bonds. The van der Waals surface area contributed by atoms with Crippen LogP contribution < -0.4 is 4.74 Å². The molecule has 1 fully saturated rings. The van der Waals surface area contributed by atoms with E-state index in [1.807, 2.05) is 0 Å². The van der Waals surface area contributed by atoms with Crippen LogP contribution in [0.1, 0.15) is 29.4 Å². The number of pyridine rings is 1. The number of hydrogen-bond acceptors (Lipinski definition) is 6. The molecule has 0 bridgehead atoms. The Labute approximate surface area is 196 Å². The maximum atomic E-state index is 14.5. The lowest BCUT2D eigenvalue weighted by atomic mass is 9.88. The highest BCUT2D eigenvalue weighted by molar-refractivity contribution is 5.98. The maximum Gasteiger partial charge on any atom is 0.417 e. The quantitative estimate of drug-likeness (QED) is 0.499. The van der Waals surface area contributed by atoms with Crippen molar-refractivity contribution in [3.63, 3.8) is 0 Å². The maximum absolute atomic E-state index is 14.5. The Morgan fingerprint density at radius 3 is 2.54 bits per heavy atom. The summed E-state index contributed by atoms with van der Waals surface area (Å²) in [5.74, 6) is -4.49. The molecule has 35 heavy (non-hydrogen) atoms. The lowest BCUT2D eigenvalue weighted by Crippen LogP contribution is -2.57. The summed E-state index contributed by atoms with van der Waals surface area (Å²) in [6.07, 6.45) is 0.0640. The highest BCUT2D eigenvalue weighted by Gasteiger charge is 2.47. The molecule has 3 aromatic rings. The van der Waals surface area contributed by atoms with Gasteiger partial charge < -0.3 is 9.64 Å². The van der Waals surface area contributed by atoms with Gasteiger partial charge in [-0.05, 0) is 18.1 Å². The van der Waals surface area contributed by atoms with E-state index in [4.69, 9.17) is 4.74 Å². The number of halogens is 5. The standard InChI is InChI=1S/C22H21F5N6O2/c1-13-8-21(23,24)12-33(16(13)11-35-17-5-4-14(9-30-17)22(25,26)27)20(34)18-15(10-32(2)31-18)19-28-6-3-7-29-19/h3-7,9-10,13,16H,8,11-12H2,1-2H3/t13-,16?/m1/s1. The summed E-state index contributed by atoms with van der Waals surface area (Å²) < 4.78 is 74.2. The highest BCUT2D eigenvalue weighted by atomic mass is 19.4. The highest BCUT2D eigenvalue weighted by Crippen LogP contribution is 2.36. The van der Waals surface area contributed by atoms with Crippen molar-refractivity contribution in [1.29, 1.82) is 0 Å². The molecule has 186 valence electrons. The largest absolute Gasteiger partial charge is 0.475 e. The number of ether oxygens (including phenoxy) is 1. The summed E-state index contributed by atoms with van der Waals surface area (Å²) in [7, 11) is 1.58. The van der Waals surface area contributed by atoms with Gasteiger partial charge in [0.25, 0.3) is 11.8 Å². The number of nitrogens with zero attached hydrogens (tertiary/aromatic N) is 6. The number of amides is 1. The summed E-state index contributed by atoms with van der Waals surface area (Å²) in [4.78, 5) is 26.4. The lowest BCUT2D eigenvalue weighted by molar-refractivity contribution is -0.137. The van der Waals surface area contributed by atoms with Crippen LogP contribution in [0.2, 0.25) is 0 Å². The van der Waals surface area contributed by atoms with Crippen LogP contribution in [0.15, 0.2) is 43.0 Å². The monoisotopic (exact) mass is 496 g/mol. The fraction of sp³-hybridized carbons (Fsp3) is 0.409. The van der Waals surface area contributed by atoms with Crippen LogP contribution in [0.25, 0.3) is 11.4 Å². The van der Waals surface area contributed by atoms with E-state index in [0.29, 0.717) is 6.20 Å². The second kappa shape index (κ2) is 9.19. The van der Waals surface area contributed by atoms with Gasteiger partial charge in [-0.3, -0.25) is 9.48 Å². The lowest BCUT2D eigenvalue weighted by Gasteiger charge is -2.42. The first-order valence-corrected chi connectivity index (χ1v) is 10.6. The van der Waals surface area contributed by atoms with E-state index in [0.717, 1.165) is 17.0 Å². The van der Waals surface area contributed by atoms with Crippen LogP contribution in [-0.4, -0.2) is 60.7 Å². The second-order valence-electron chi connectivity index (χ2n) is 8.37. The first-order chi connectivity index (χ1) is 16.4. The minimum Gasteiger partial charge on any atom is -0.475 e. The van der Waals surface area contributed by atoms with Gasteiger partial charge in [-0.1, -0.05) is 6.92 Å². The van der Waals surface area contributed by atoms with Crippen LogP contribution in [0.4, 0.5) is 22.0 Å². The molecule has 1 unspecified atom stereocenters. The third kappa shape index (κ3) is 5.38. The number of alkyl halides is 5. The van der Waals surface area contributed by atoms with Gasteiger partial charge in [0.2, 0.25) is 5.88 Å². The predicted octanol–water partition coefficient (Wildman–Crippen LogP) is 3.86. The van der Waals surface area contributed by atoms with Gasteiger partial charge in [-0.15, -0.1) is 0 Å². The Hall–Kier alpha value is -3.64. The van der Waals surface area contributed by atoms with Crippen LogP contribution in [0.5, 0.6) is 5.88 Å². The van der Waals surface area contributed by atoms with Crippen molar-refractivity contribution in [1.82, 2.24) is 29.6 Å². The summed E-state index contributed by atoms with van der Waals surface area (Å²) in [6.45, 7) is 0.447. The Morgan fingerprint density at radius 2 is 1.91 bits per heavy atom. The number of carbonyl (C=O) groups is 1. The minimum absolute atomic E-state index is 0.0961. The number of piperidine rings is 1. The van der Waals surface area contributed by atoms with Crippen molar-refractivity contribution < 1.29 is 31.5 Å². The molecule has 8 nitrogen and oxygen atoms in total. The molecule has 0 radical (unpaired) electrons. The average molecular weight is 496 g/mol. The number of aromatic nitrogens is 5. The molecule has 4 heterocycles. The van der Waals surface area contributed by atoms with Crippen molar-refractivity contribution in [3.8, 4) is 17.3 Å². The number of carbonyl (C=O) groups excluding carboxylic acids is 1. The Morgan fingerprint density at radius 1 is 1.20 bits per heavy atom. The molecule has 1 saturated heterocycles. The summed E-state index contributed by atoms with van der Waals surface area (Å²) in [5.41, 5.74) is -0.761. The van der Waals surface area contributed by atoms with Crippen molar-refractivity contribution in [3.05, 3.63) is 54.2 Å². The van der Waals surface area contributed by atoms with Gasteiger partial charge in [0.15, 0.2) is 11.5 Å². The molecule has 13 heteroatoms. The van der Waals surface area contributed by atoms with Gasteiger partial charge in [0.05, 0.1) is 23.7 Å². The molecule has 1 aliphatic heterocycles. The zero-order valence-corrected chi connectivity index (χ0v) is 18.7. The Balaban J connectivity index is 1.60. The van der Waals surface area contributed by atoms with Gasteiger partial charge in [0, 0.05) is 44.3 Å². The molecule has 0 aliphatic carbocycles. The van der Waals surface area contributed by atoms with Crippen molar-refractivity contribution in [2.24, 2.45) is 13.0 Å². The minimum atomic E-state index is -4.55. The SMILES string of the molecule is C[C@@H]1CC(F)(F)CN(C(=O)c2nn(C)cc2-c2ncccn2)C1COc1ccc(C(F)(F)F)cn1. The predicted molar refractivity (Wildman–Crippen MR) is 113 cm³/mol. The van der Waals surface area contributed by atoms with Crippen LogP contribution in [-0.2, 0) is 13.2 Å². The van der Waals surface area contributed by atoms with E-state index < -0.39 is 48.5 Å². The zero-order valence-electron chi connectivity index (χ0n) is 18.7. The van der Waals surface area contributed by atoms with E-state index >= 15 is 0 Å². The summed E-state index contributed by atoms with van der Waals surface area (Å²) in [5, 5.41) is 4.16. The van der Waals surface area contributed by atoms with Crippen LogP contribution in [0.3, 0.4) is 0 Å². The molecular formula is C22H21F5N6O2. The third-order valence-corrected chi connectivity index (χ3v) is 5.64. The average Bonchev–Trinajstić information content (AvgIpc) is 3.19. The smallest absolute Gasteiger partial charge is 0.417 e. The molecule has 3 aromatic heterocycles. The Kier molecular flexibility index (Phi) is 6.43. The first-order valence-electron chi connectivity index (χ1n) is 10.6. The van der Waals surface area contributed by atoms with E-state index in [2.05, 4.69) is 20.1 Å². The second-order valence-corrected chi connectivity index (χ2v) is 8.37. The summed E-state index contributed by atoms with van der Waals surface area (Å²) in [6, 6.07) is 2.64. The number of rotatable bonds is 5. The van der Waals surface area contributed by atoms with Crippen molar-refractivity contribution in [2.45, 2.75) is 31.5 Å². The molecule has 1 aliphatic rings. The molecule has 4 rings (SSSR count). The van der Waals surface area contributed by atoms with Gasteiger partial charge in [0.1, 0.15) is 6.61 Å². The van der Waals surface area contributed by atoms with Crippen LogP contribution >= 0.6 is 0 Å². The summed E-state index contributed by atoms with van der Waals surface area (Å²) >= 11 is 0. The topological polar surface area (TPSA) is 86.0 Å². The fourth-order valence-electron chi connectivity index (χ4n) is 4.01. The molecule has 2 atom stereocenters.